The quantitative estimate of drug-likeness (QED) is 0.636. The van der Waals surface area contributed by atoms with E-state index in [1.807, 2.05) is 6.07 Å². The molecule has 1 fully saturated rings. The molecule has 1 aliphatic carbocycles. The minimum Gasteiger partial charge on any atom is -0.388 e. The molecule has 0 spiro atoms. The summed E-state index contributed by atoms with van der Waals surface area (Å²) in [5.74, 6) is 0.0221. The second kappa shape index (κ2) is 8.10. The molecular formula is C20H31FO. The summed E-state index contributed by atoms with van der Waals surface area (Å²) in [7, 11) is 0. The smallest absolute Gasteiger partial charge is 0.123 e. The number of rotatable bonds is 6. The molecule has 1 aromatic carbocycles. The molecule has 0 heterocycles. The number of halogens is 1. The monoisotopic (exact) mass is 306 g/mol. The molecule has 2 heteroatoms. The zero-order valence-corrected chi connectivity index (χ0v) is 14.2. The van der Waals surface area contributed by atoms with Crippen LogP contribution in [0.5, 0.6) is 0 Å². The molecule has 1 N–H and O–H groups in total. The largest absolute Gasteiger partial charge is 0.388 e. The van der Waals surface area contributed by atoms with E-state index in [1.54, 1.807) is 6.07 Å². The van der Waals surface area contributed by atoms with Gasteiger partial charge in [0.25, 0.3) is 0 Å². The fourth-order valence-electron chi connectivity index (χ4n) is 4.46. The minimum atomic E-state index is -0.519. The molecule has 1 saturated carbocycles. The third kappa shape index (κ3) is 4.32. The summed E-state index contributed by atoms with van der Waals surface area (Å²) >= 11 is 0. The van der Waals surface area contributed by atoms with Gasteiger partial charge in [-0.05, 0) is 67.6 Å². The van der Waals surface area contributed by atoms with Crippen molar-refractivity contribution >= 4 is 0 Å². The van der Waals surface area contributed by atoms with Gasteiger partial charge in [-0.2, -0.15) is 0 Å². The highest BCUT2D eigenvalue weighted by Gasteiger charge is 2.33. The Kier molecular flexibility index (Phi) is 6.43. The van der Waals surface area contributed by atoms with Gasteiger partial charge in [0.15, 0.2) is 0 Å². The molecule has 0 bridgehead atoms. The van der Waals surface area contributed by atoms with Crippen LogP contribution in [0.1, 0.15) is 83.3 Å². The summed E-state index contributed by atoms with van der Waals surface area (Å²) in [5.41, 5.74) is 1.23. The molecule has 22 heavy (non-hydrogen) atoms. The van der Waals surface area contributed by atoms with Crippen LogP contribution in [0.2, 0.25) is 0 Å². The van der Waals surface area contributed by atoms with E-state index in [1.165, 1.54) is 57.1 Å². The van der Waals surface area contributed by atoms with Crippen molar-refractivity contribution in [3.8, 4) is 0 Å². The SMILES string of the molecule is CCCC1(CCC)CCC[C@@H]([C@@H](O)c2cccc(F)c2)CC1. The third-order valence-electron chi connectivity index (χ3n) is 5.52. The van der Waals surface area contributed by atoms with Gasteiger partial charge in [0.2, 0.25) is 0 Å². The fraction of sp³-hybridized carbons (Fsp3) is 0.700. The van der Waals surface area contributed by atoms with E-state index in [2.05, 4.69) is 13.8 Å². The average Bonchev–Trinajstić information content (AvgIpc) is 2.70. The van der Waals surface area contributed by atoms with Gasteiger partial charge < -0.3 is 5.11 Å². The van der Waals surface area contributed by atoms with Crippen molar-refractivity contribution in [3.05, 3.63) is 35.6 Å². The van der Waals surface area contributed by atoms with Crippen LogP contribution in [0, 0.1) is 17.2 Å². The topological polar surface area (TPSA) is 20.2 Å². The van der Waals surface area contributed by atoms with E-state index >= 15 is 0 Å². The lowest BCUT2D eigenvalue weighted by atomic mass is 9.73. The van der Waals surface area contributed by atoms with Crippen molar-refractivity contribution in [2.45, 2.75) is 77.7 Å². The van der Waals surface area contributed by atoms with Gasteiger partial charge in [-0.25, -0.2) is 4.39 Å². The van der Waals surface area contributed by atoms with Gasteiger partial charge >= 0.3 is 0 Å². The van der Waals surface area contributed by atoms with Gasteiger partial charge in [-0.15, -0.1) is 0 Å². The van der Waals surface area contributed by atoms with Crippen LogP contribution >= 0.6 is 0 Å². The number of benzene rings is 1. The van der Waals surface area contributed by atoms with E-state index in [9.17, 15) is 9.50 Å². The Bertz CT molecular complexity index is 451. The average molecular weight is 306 g/mol. The third-order valence-corrected chi connectivity index (χ3v) is 5.52. The molecule has 0 aromatic heterocycles. The molecule has 0 aliphatic heterocycles. The summed E-state index contributed by atoms with van der Waals surface area (Å²) in [4.78, 5) is 0. The van der Waals surface area contributed by atoms with E-state index in [4.69, 9.17) is 0 Å². The normalized spacial score (nSPS) is 23.0. The van der Waals surface area contributed by atoms with Crippen molar-refractivity contribution in [2.75, 3.05) is 0 Å². The summed E-state index contributed by atoms with van der Waals surface area (Å²) < 4.78 is 13.4. The van der Waals surface area contributed by atoms with Crippen molar-refractivity contribution < 1.29 is 9.50 Å². The van der Waals surface area contributed by atoms with Crippen molar-refractivity contribution in [2.24, 2.45) is 11.3 Å². The van der Waals surface area contributed by atoms with Gasteiger partial charge in [0.05, 0.1) is 6.10 Å². The Morgan fingerprint density at radius 1 is 1.18 bits per heavy atom. The second-order valence-corrected chi connectivity index (χ2v) is 7.19. The van der Waals surface area contributed by atoms with Crippen LogP contribution in [0.15, 0.2) is 24.3 Å². The van der Waals surface area contributed by atoms with Crippen LogP contribution in [0.4, 0.5) is 4.39 Å². The highest BCUT2D eigenvalue weighted by atomic mass is 19.1. The highest BCUT2D eigenvalue weighted by Crippen LogP contribution is 2.46. The van der Waals surface area contributed by atoms with E-state index in [-0.39, 0.29) is 11.7 Å². The summed E-state index contributed by atoms with van der Waals surface area (Å²) in [5, 5.41) is 10.7. The molecule has 1 aliphatic rings. The maximum atomic E-state index is 13.4. The molecule has 1 nitrogen and oxygen atoms in total. The van der Waals surface area contributed by atoms with Crippen molar-refractivity contribution in [1.82, 2.24) is 0 Å². The lowest BCUT2D eigenvalue weighted by Crippen LogP contribution is -2.20. The number of hydrogen-bond acceptors (Lipinski definition) is 1. The van der Waals surface area contributed by atoms with E-state index < -0.39 is 6.10 Å². The first kappa shape index (κ1) is 17.5. The van der Waals surface area contributed by atoms with Gasteiger partial charge in [0, 0.05) is 0 Å². The molecule has 2 atom stereocenters. The Morgan fingerprint density at radius 2 is 1.91 bits per heavy atom. The molecule has 0 saturated heterocycles. The van der Waals surface area contributed by atoms with Crippen LogP contribution in [0.25, 0.3) is 0 Å². The van der Waals surface area contributed by atoms with Crippen LogP contribution in [0.3, 0.4) is 0 Å². The van der Waals surface area contributed by atoms with Gasteiger partial charge in [-0.1, -0.05) is 45.2 Å². The predicted octanol–water partition coefficient (Wildman–Crippen LogP) is 6.03. The standard InChI is InChI=1S/C20H31FO/c1-3-11-20(12-4-2)13-6-8-16(10-14-20)19(22)17-7-5-9-18(21)15-17/h5,7,9,15-16,19,22H,3-4,6,8,10-14H2,1-2H3/t16-,19-/m1/s1. The Labute approximate surface area is 134 Å². The molecule has 1 aromatic rings. The Balaban J connectivity index is 2.05. The second-order valence-electron chi connectivity index (χ2n) is 7.19. The van der Waals surface area contributed by atoms with Gasteiger partial charge in [-0.3, -0.25) is 0 Å². The fourth-order valence-corrected chi connectivity index (χ4v) is 4.46. The first-order valence-electron chi connectivity index (χ1n) is 9.04. The van der Waals surface area contributed by atoms with Gasteiger partial charge in [0.1, 0.15) is 5.82 Å². The van der Waals surface area contributed by atoms with Crippen molar-refractivity contribution in [1.29, 1.82) is 0 Å². The number of hydrogen-bond donors (Lipinski definition) is 1. The van der Waals surface area contributed by atoms with E-state index in [0.717, 1.165) is 18.4 Å². The highest BCUT2D eigenvalue weighted by molar-refractivity contribution is 5.19. The molecular weight excluding hydrogens is 275 g/mol. The molecule has 2 rings (SSSR count). The van der Waals surface area contributed by atoms with Crippen LogP contribution in [-0.2, 0) is 0 Å². The number of aliphatic hydroxyl groups excluding tert-OH is 1. The number of aliphatic hydroxyl groups is 1. The van der Waals surface area contributed by atoms with Crippen LogP contribution in [-0.4, -0.2) is 5.11 Å². The van der Waals surface area contributed by atoms with E-state index in [0.29, 0.717) is 5.41 Å². The lowest BCUT2D eigenvalue weighted by molar-refractivity contribution is 0.0941. The molecule has 0 unspecified atom stereocenters. The zero-order chi connectivity index (χ0) is 16.0. The Morgan fingerprint density at radius 3 is 2.55 bits per heavy atom. The first-order chi connectivity index (χ1) is 10.6. The minimum absolute atomic E-state index is 0.253. The maximum absolute atomic E-state index is 13.4. The summed E-state index contributed by atoms with van der Waals surface area (Å²) in [6.45, 7) is 4.56. The molecule has 0 radical (unpaired) electrons. The molecule has 124 valence electrons. The Hall–Kier alpha value is -0.890. The summed E-state index contributed by atoms with van der Waals surface area (Å²) in [6, 6.07) is 6.48. The van der Waals surface area contributed by atoms with Crippen LogP contribution < -0.4 is 0 Å². The zero-order valence-electron chi connectivity index (χ0n) is 14.2. The first-order valence-corrected chi connectivity index (χ1v) is 9.04. The van der Waals surface area contributed by atoms with Crippen molar-refractivity contribution in [3.63, 3.8) is 0 Å². The summed E-state index contributed by atoms with van der Waals surface area (Å²) in [6.07, 6.45) is 10.4. The predicted molar refractivity (Wildman–Crippen MR) is 90.2 cm³/mol. The molecule has 0 amide bonds. The maximum Gasteiger partial charge on any atom is 0.123 e. The lowest BCUT2D eigenvalue weighted by Gasteiger charge is -2.33.